The molecule has 2 heteroatoms. The molecule has 16 heavy (non-hydrogen) atoms. The number of nitrogens with one attached hydrogen (secondary N) is 1. The Bertz CT molecular complexity index is 205. The highest BCUT2D eigenvalue weighted by Gasteiger charge is 2.27. The van der Waals surface area contributed by atoms with Crippen molar-refractivity contribution in [2.45, 2.75) is 78.8 Å². The van der Waals surface area contributed by atoms with Gasteiger partial charge in [-0.15, -0.1) is 0 Å². The maximum atomic E-state index is 12.2. The van der Waals surface area contributed by atoms with Gasteiger partial charge >= 0.3 is 0 Å². The molecule has 0 aliphatic carbocycles. The van der Waals surface area contributed by atoms with Crippen LogP contribution in [0.25, 0.3) is 0 Å². The van der Waals surface area contributed by atoms with E-state index in [1.807, 2.05) is 6.92 Å². The van der Waals surface area contributed by atoms with Crippen LogP contribution in [0, 0.1) is 5.92 Å². The Hall–Kier alpha value is -0.370. The molecule has 1 unspecified atom stereocenters. The quantitative estimate of drug-likeness (QED) is 0.687. The van der Waals surface area contributed by atoms with Crippen LogP contribution in [0.4, 0.5) is 0 Å². The number of ketones is 1. The summed E-state index contributed by atoms with van der Waals surface area (Å²) in [6, 6.07) is -0.0187. The minimum absolute atomic E-state index is 0.0187. The molecule has 1 N–H and O–H groups in total. The van der Waals surface area contributed by atoms with Gasteiger partial charge in [-0.05, 0) is 39.5 Å². The molecule has 96 valence electrons. The van der Waals surface area contributed by atoms with Crippen molar-refractivity contribution in [3.8, 4) is 0 Å². The minimum atomic E-state index is -0.0187. The molecule has 0 bridgehead atoms. The molecule has 0 aliphatic heterocycles. The fourth-order valence-corrected chi connectivity index (χ4v) is 2.09. The summed E-state index contributed by atoms with van der Waals surface area (Å²) in [7, 11) is 0. The summed E-state index contributed by atoms with van der Waals surface area (Å²) in [6.07, 6.45) is 4.03. The van der Waals surface area contributed by atoms with Crippen LogP contribution < -0.4 is 5.32 Å². The molecule has 0 aliphatic rings. The van der Waals surface area contributed by atoms with Gasteiger partial charge in [0.1, 0.15) is 0 Å². The summed E-state index contributed by atoms with van der Waals surface area (Å²) < 4.78 is 0. The van der Waals surface area contributed by atoms with E-state index < -0.39 is 0 Å². The Morgan fingerprint density at radius 1 is 1.12 bits per heavy atom. The average molecular weight is 227 g/mol. The highest BCUT2D eigenvalue weighted by Crippen LogP contribution is 2.17. The van der Waals surface area contributed by atoms with E-state index in [1.165, 1.54) is 0 Å². The molecule has 1 atom stereocenters. The lowest BCUT2D eigenvalue weighted by molar-refractivity contribution is -0.125. The second-order valence-corrected chi connectivity index (χ2v) is 5.05. The maximum Gasteiger partial charge on any atom is 0.152 e. The van der Waals surface area contributed by atoms with E-state index in [9.17, 15) is 4.79 Å². The van der Waals surface area contributed by atoms with E-state index in [0.717, 1.165) is 25.7 Å². The fraction of sp³-hybridized carbons (Fsp3) is 0.929. The third-order valence-corrected chi connectivity index (χ3v) is 3.94. The van der Waals surface area contributed by atoms with Crippen molar-refractivity contribution in [1.82, 2.24) is 5.32 Å². The Morgan fingerprint density at radius 3 is 1.88 bits per heavy atom. The number of carbonyl (C=O) groups excluding carboxylic acids is 1. The first-order valence-corrected chi connectivity index (χ1v) is 6.75. The average Bonchev–Trinajstić information content (AvgIpc) is 2.30. The topological polar surface area (TPSA) is 29.1 Å². The largest absolute Gasteiger partial charge is 0.302 e. The van der Waals surface area contributed by atoms with Crippen LogP contribution in [0.2, 0.25) is 0 Å². The van der Waals surface area contributed by atoms with E-state index in [0.29, 0.717) is 5.78 Å². The summed E-state index contributed by atoms with van der Waals surface area (Å²) in [5.74, 6) is 0.596. The van der Waals surface area contributed by atoms with Gasteiger partial charge in [0.25, 0.3) is 0 Å². The number of hydrogen-bond acceptors (Lipinski definition) is 2. The predicted octanol–water partition coefficient (Wildman–Crippen LogP) is 3.55. The summed E-state index contributed by atoms with van der Waals surface area (Å²) in [5, 5.41) is 3.49. The molecule has 0 fully saturated rings. The second kappa shape index (κ2) is 7.05. The van der Waals surface area contributed by atoms with Crippen molar-refractivity contribution >= 4 is 5.78 Å². The van der Waals surface area contributed by atoms with E-state index >= 15 is 0 Å². The summed E-state index contributed by atoms with van der Waals surface area (Å²) in [5.41, 5.74) is 0.0983. The monoisotopic (exact) mass is 227 g/mol. The smallest absolute Gasteiger partial charge is 0.152 e. The predicted molar refractivity (Wildman–Crippen MR) is 70.7 cm³/mol. The van der Waals surface area contributed by atoms with Crippen molar-refractivity contribution < 1.29 is 4.79 Å². The van der Waals surface area contributed by atoms with Crippen molar-refractivity contribution in [1.29, 1.82) is 0 Å². The molecule has 0 saturated carbocycles. The zero-order valence-corrected chi connectivity index (χ0v) is 11.9. The van der Waals surface area contributed by atoms with E-state index in [-0.39, 0.29) is 17.5 Å². The van der Waals surface area contributed by atoms with E-state index in [1.54, 1.807) is 0 Å². The normalized spacial score (nSPS) is 14.2. The lowest BCUT2D eigenvalue weighted by Crippen LogP contribution is -2.50. The first-order chi connectivity index (χ1) is 7.44. The second-order valence-electron chi connectivity index (χ2n) is 5.05. The van der Waals surface area contributed by atoms with Gasteiger partial charge in [-0.1, -0.05) is 27.7 Å². The van der Waals surface area contributed by atoms with Gasteiger partial charge in [-0.3, -0.25) is 4.79 Å². The molecule has 0 aromatic heterocycles. The molecule has 0 aromatic carbocycles. The number of Topliss-reactive ketones (excluding diaryl/α,β-unsaturated/α-hetero) is 1. The Labute approximate surface area is 101 Å². The first kappa shape index (κ1) is 15.6. The summed E-state index contributed by atoms with van der Waals surface area (Å²) in [4.78, 5) is 12.2. The maximum absolute atomic E-state index is 12.2. The zero-order chi connectivity index (χ0) is 12.8. The fourth-order valence-electron chi connectivity index (χ4n) is 2.09. The zero-order valence-electron chi connectivity index (χ0n) is 11.9. The van der Waals surface area contributed by atoms with Crippen molar-refractivity contribution in [3.05, 3.63) is 0 Å². The third-order valence-electron chi connectivity index (χ3n) is 3.94. The molecule has 0 aromatic rings. The molecule has 0 heterocycles. The lowest BCUT2D eigenvalue weighted by atomic mass is 9.90. The Kier molecular flexibility index (Phi) is 6.89. The molecule has 0 rings (SSSR count). The highest BCUT2D eigenvalue weighted by atomic mass is 16.1. The van der Waals surface area contributed by atoms with Crippen LogP contribution in [0.5, 0.6) is 0 Å². The number of hydrogen-bond donors (Lipinski definition) is 1. The summed E-state index contributed by atoms with van der Waals surface area (Å²) >= 11 is 0. The van der Waals surface area contributed by atoms with Crippen LogP contribution in [0.1, 0.15) is 67.2 Å². The minimum Gasteiger partial charge on any atom is -0.302 e. The molecule has 0 spiro atoms. The first-order valence-electron chi connectivity index (χ1n) is 6.75. The van der Waals surface area contributed by atoms with Gasteiger partial charge < -0.3 is 5.32 Å². The Morgan fingerprint density at radius 2 is 1.56 bits per heavy atom. The number of rotatable bonds is 8. The molecule has 0 radical (unpaired) electrons. The van der Waals surface area contributed by atoms with Gasteiger partial charge in [0.15, 0.2) is 5.78 Å². The Balaban J connectivity index is 4.45. The van der Waals surface area contributed by atoms with E-state index in [2.05, 4.69) is 39.9 Å². The van der Waals surface area contributed by atoms with Gasteiger partial charge in [0, 0.05) is 11.5 Å². The molecular weight excluding hydrogens is 198 g/mol. The van der Waals surface area contributed by atoms with E-state index in [4.69, 9.17) is 0 Å². The van der Waals surface area contributed by atoms with Crippen LogP contribution in [-0.4, -0.2) is 17.4 Å². The third kappa shape index (κ3) is 4.25. The highest BCUT2D eigenvalue weighted by molar-refractivity contribution is 5.85. The molecule has 0 saturated heterocycles. The molecular formula is C14H29NO. The van der Waals surface area contributed by atoms with Crippen LogP contribution in [-0.2, 0) is 4.79 Å². The summed E-state index contributed by atoms with van der Waals surface area (Å²) in [6.45, 7) is 12.7. The van der Waals surface area contributed by atoms with Gasteiger partial charge in [0.2, 0.25) is 0 Å². The van der Waals surface area contributed by atoms with Crippen LogP contribution in [0.3, 0.4) is 0 Å². The van der Waals surface area contributed by atoms with Crippen LogP contribution in [0.15, 0.2) is 0 Å². The van der Waals surface area contributed by atoms with Crippen molar-refractivity contribution in [3.63, 3.8) is 0 Å². The van der Waals surface area contributed by atoms with Gasteiger partial charge in [-0.25, -0.2) is 0 Å². The SMILES string of the molecule is CCC(CC)C(=O)C(C)NC(C)(CC)CC. The van der Waals surface area contributed by atoms with Crippen LogP contribution >= 0.6 is 0 Å². The molecule has 0 amide bonds. The van der Waals surface area contributed by atoms with Gasteiger partial charge in [-0.2, -0.15) is 0 Å². The molecule has 2 nitrogen and oxygen atoms in total. The van der Waals surface area contributed by atoms with Gasteiger partial charge in [0.05, 0.1) is 6.04 Å². The number of carbonyl (C=O) groups is 1. The lowest BCUT2D eigenvalue weighted by Gasteiger charge is -2.32. The van der Waals surface area contributed by atoms with Crippen molar-refractivity contribution in [2.75, 3.05) is 0 Å². The standard InChI is InChI=1S/C14H29NO/c1-7-12(8-2)13(16)11(5)15-14(6,9-3)10-4/h11-12,15H,7-10H2,1-6H3. The van der Waals surface area contributed by atoms with Crippen molar-refractivity contribution in [2.24, 2.45) is 5.92 Å².